The van der Waals surface area contributed by atoms with Crippen molar-refractivity contribution < 1.29 is 9.90 Å². The van der Waals surface area contributed by atoms with E-state index in [1.54, 1.807) is 12.2 Å². The van der Waals surface area contributed by atoms with Gasteiger partial charge in [-0.1, -0.05) is 25.3 Å². The SMILES string of the molecule is C=Cc1cnc(C(=O)O)cc1C=C. The maximum Gasteiger partial charge on any atom is 0.354 e. The average Bonchev–Trinajstić information content (AvgIpc) is 2.16. The molecule has 1 aromatic rings. The standard InChI is InChI=1S/C10H9NO2/c1-3-7-5-9(10(12)13)11-6-8(7)4-2/h3-6H,1-2H2,(H,12,13). The number of aromatic nitrogens is 1. The first-order chi connectivity index (χ1) is 6.19. The zero-order chi connectivity index (χ0) is 9.84. The zero-order valence-corrected chi connectivity index (χ0v) is 7.03. The molecule has 0 aliphatic heterocycles. The lowest BCUT2D eigenvalue weighted by Gasteiger charge is -2.00. The summed E-state index contributed by atoms with van der Waals surface area (Å²) in [7, 11) is 0. The highest BCUT2D eigenvalue weighted by Gasteiger charge is 2.05. The molecular weight excluding hydrogens is 166 g/mol. The van der Waals surface area contributed by atoms with Crippen molar-refractivity contribution >= 4 is 18.1 Å². The van der Waals surface area contributed by atoms with E-state index in [1.165, 1.54) is 12.3 Å². The monoisotopic (exact) mass is 175 g/mol. The molecule has 0 spiro atoms. The van der Waals surface area contributed by atoms with Gasteiger partial charge in [-0.3, -0.25) is 0 Å². The van der Waals surface area contributed by atoms with Crippen LogP contribution >= 0.6 is 0 Å². The molecule has 0 radical (unpaired) electrons. The third-order valence-electron chi connectivity index (χ3n) is 1.63. The van der Waals surface area contributed by atoms with E-state index in [0.29, 0.717) is 0 Å². The molecule has 0 saturated carbocycles. The van der Waals surface area contributed by atoms with Crippen molar-refractivity contribution in [2.45, 2.75) is 0 Å². The first-order valence-corrected chi connectivity index (χ1v) is 3.67. The Hall–Kier alpha value is -1.90. The van der Waals surface area contributed by atoms with E-state index in [4.69, 9.17) is 5.11 Å². The molecule has 3 heteroatoms. The van der Waals surface area contributed by atoms with Crippen molar-refractivity contribution in [2.24, 2.45) is 0 Å². The Balaban J connectivity index is 3.28. The van der Waals surface area contributed by atoms with Gasteiger partial charge in [-0.25, -0.2) is 9.78 Å². The minimum Gasteiger partial charge on any atom is -0.477 e. The quantitative estimate of drug-likeness (QED) is 0.765. The van der Waals surface area contributed by atoms with Gasteiger partial charge in [0.15, 0.2) is 0 Å². The summed E-state index contributed by atoms with van der Waals surface area (Å²) in [6.45, 7) is 7.15. The van der Waals surface area contributed by atoms with Gasteiger partial charge in [-0.15, -0.1) is 0 Å². The van der Waals surface area contributed by atoms with E-state index < -0.39 is 5.97 Å². The van der Waals surface area contributed by atoms with Gasteiger partial charge in [0.25, 0.3) is 0 Å². The van der Waals surface area contributed by atoms with Gasteiger partial charge in [-0.2, -0.15) is 0 Å². The summed E-state index contributed by atoms with van der Waals surface area (Å²) in [4.78, 5) is 14.3. The van der Waals surface area contributed by atoms with E-state index in [9.17, 15) is 4.79 Å². The van der Waals surface area contributed by atoms with Crippen LogP contribution in [0.25, 0.3) is 12.2 Å². The van der Waals surface area contributed by atoms with Crippen LogP contribution in [0, 0.1) is 0 Å². The van der Waals surface area contributed by atoms with Gasteiger partial charge >= 0.3 is 5.97 Å². The second-order valence-corrected chi connectivity index (χ2v) is 2.41. The Morgan fingerprint density at radius 1 is 1.38 bits per heavy atom. The van der Waals surface area contributed by atoms with E-state index >= 15 is 0 Å². The molecule has 0 unspecified atom stereocenters. The third kappa shape index (κ3) is 1.82. The summed E-state index contributed by atoms with van der Waals surface area (Å²) in [5.74, 6) is -1.04. The number of carbonyl (C=O) groups is 1. The highest BCUT2D eigenvalue weighted by molar-refractivity contribution is 5.86. The van der Waals surface area contributed by atoms with E-state index in [2.05, 4.69) is 18.1 Å². The number of pyridine rings is 1. The molecule has 0 fully saturated rings. The first-order valence-electron chi connectivity index (χ1n) is 3.67. The van der Waals surface area contributed by atoms with Gasteiger partial charge in [0.1, 0.15) is 5.69 Å². The molecule has 1 N–H and O–H groups in total. The van der Waals surface area contributed by atoms with Crippen molar-refractivity contribution in [2.75, 3.05) is 0 Å². The number of carboxylic acid groups (broad SMARTS) is 1. The normalized spacial score (nSPS) is 9.23. The number of hydrogen-bond donors (Lipinski definition) is 1. The molecule has 1 heterocycles. The molecule has 1 aromatic heterocycles. The van der Waals surface area contributed by atoms with Crippen molar-refractivity contribution in [3.8, 4) is 0 Å². The second kappa shape index (κ2) is 3.67. The molecule has 1 rings (SSSR count). The highest BCUT2D eigenvalue weighted by Crippen LogP contribution is 2.11. The maximum atomic E-state index is 10.5. The van der Waals surface area contributed by atoms with E-state index in [0.717, 1.165) is 11.1 Å². The lowest BCUT2D eigenvalue weighted by Crippen LogP contribution is -2.00. The zero-order valence-electron chi connectivity index (χ0n) is 7.03. The van der Waals surface area contributed by atoms with Crippen LogP contribution < -0.4 is 0 Å². The minimum atomic E-state index is -1.04. The van der Waals surface area contributed by atoms with E-state index in [-0.39, 0.29) is 5.69 Å². The minimum absolute atomic E-state index is 0.0144. The van der Waals surface area contributed by atoms with Gasteiger partial charge in [-0.05, 0) is 17.2 Å². The van der Waals surface area contributed by atoms with Gasteiger partial charge in [0.2, 0.25) is 0 Å². The fourth-order valence-corrected chi connectivity index (χ4v) is 0.946. The fourth-order valence-electron chi connectivity index (χ4n) is 0.946. The smallest absolute Gasteiger partial charge is 0.354 e. The number of rotatable bonds is 3. The van der Waals surface area contributed by atoms with Crippen LogP contribution in [0.15, 0.2) is 25.4 Å². The second-order valence-electron chi connectivity index (χ2n) is 2.41. The van der Waals surface area contributed by atoms with Crippen molar-refractivity contribution in [1.29, 1.82) is 0 Å². The van der Waals surface area contributed by atoms with Crippen LogP contribution in [0.3, 0.4) is 0 Å². The Morgan fingerprint density at radius 2 is 2.00 bits per heavy atom. The molecule has 3 nitrogen and oxygen atoms in total. The molecule has 0 bridgehead atoms. The molecule has 0 amide bonds. The van der Waals surface area contributed by atoms with E-state index in [1.807, 2.05) is 0 Å². The Bertz CT molecular complexity index is 369. The predicted molar refractivity (Wildman–Crippen MR) is 51.4 cm³/mol. The lowest BCUT2D eigenvalue weighted by molar-refractivity contribution is 0.0690. The lowest BCUT2D eigenvalue weighted by atomic mass is 10.1. The Kier molecular flexibility index (Phi) is 2.59. The van der Waals surface area contributed by atoms with Gasteiger partial charge in [0, 0.05) is 6.20 Å². The van der Waals surface area contributed by atoms with Crippen LogP contribution in [0.5, 0.6) is 0 Å². The van der Waals surface area contributed by atoms with Crippen molar-refractivity contribution in [3.63, 3.8) is 0 Å². The summed E-state index contributed by atoms with van der Waals surface area (Å²) < 4.78 is 0. The fraction of sp³-hybridized carbons (Fsp3) is 0. The average molecular weight is 175 g/mol. The van der Waals surface area contributed by atoms with Crippen LogP contribution in [0.4, 0.5) is 0 Å². The van der Waals surface area contributed by atoms with Crippen LogP contribution in [-0.4, -0.2) is 16.1 Å². The third-order valence-corrected chi connectivity index (χ3v) is 1.63. The summed E-state index contributed by atoms with van der Waals surface area (Å²) in [6, 6.07) is 1.46. The number of carboxylic acids is 1. The van der Waals surface area contributed by atoms with Crippen molar-refractivity contribution in [3.05, 3.63) is 42.2 Å². The van der Waals surface area contributed by atoms with Crippen molar-refractivity contribution in [1.82, 2.24) is 4.98 Å². The van der Waals surface area contributed by atoms with Crippen LogP contribution in [-0.2, 0) is 0 Å². The number of hydrogen-bond acceptors (Lipinski definition) is 2. The molecule has 0 aliphatic carbocycles. The Morgan fingerprint density at radius 3 is 2.46 bits per heavy atom. The highest BCUT2D eigenvalue weighted by atomic mass is 16.4. The number of aromatic carboxylic acids is 1. The molecule has 0 saturated heterocycles. The summed E-state index contributed by atoms with van der Waals surface area (Å²) in [5.41, 5.74) is 1.52. The number of nitrogens with zero attached hydrogens (tertiary/aromatic N) is 1. The van der Waals surface area contributed by atoms with Gasteiger partial charge in [0.05, 0.1) is 0 Å². The van der Waals surface area contributed by atoms with Crippen LogP contribution in [0.2, 0.25) is 0 Å². The molecule has 0 aliphatic rings. The topological polar surface area (TPSA) is 50.2 Å². The predicted octanol–water partition coefficient (Wildman–Crippen LogP) is 2.07. The molecule has 0 atom stereocenters. The molecule has 13 heavy (non-hydrogen) atoms. The molecule has 66 valence electrons. The summed E-state index contributed by atoms with van der Waals surface area (Å²) in [5, 5.41) is 8.65. The summed E-state index contributed by atoms with van der Waals surface area (Å²) in [6.07, 6.45) is 4.65. The van der Waals surface area contributed by atoms with Gasteiger partial charge < -0.3 is 5.11 Å². The summed E-state index contributed by atoms with van der Waals surface area (Å²) >= 11 is 0. The largest absolute Gasteiger partial charge is 0.477 e. The first kappa shape index (κ1) is 9.19. The molecule has 0 aromatic carbocycles. The van der Waals surface area contributed by atoms with Crippen LogP contribution in [0.1, 0.15) is 21.6 Å². The Labute approximate surface area is 76.1 Å². The molecular formula is C10H9NO2. The maximum absolute atomic E-state index is 10.5.